The van der Waals surface area contributed by atoms with E-state index in [1.807, 2.05) is 43.0 Å². The molecule has 0 radical (unpaired) electrons. The third kappa shape index (κ3) is 3.37. The Morgan fingerprint density at radius 2 is 1.95 bits per heavy atom. The first-order chi connectivity index (χ1) is 9.61. The van der Waals surface area contributed by atoms with Crippen LogP contribution in [0.25, 0.3) is 0 Å². The molecule has 4 heteroatoms. The molecule has 1 fully saturated rings. The molecule has 1 heterocycles. The van der Waals surface area contributed by atoms with Crippen molar-refractivity contribution in [3.63, 3.8) is 0 Å². The number of rotatable bonds is 3. The topological polar surface area (TPSA) is 47.3 Å². The fourth-order valence-electron chi connectivity index (χ4n) is 2.54. The number of piperazine rings is 1. The predicted octanol–water partition coefficient (Wildman–Crippen LogP) is 1.91. The van der Waals surface area contributed by atoms with Crippen LogP contribution in [-0.4, -0.2) is 48.4 Å². The standard InChI is InChI=1S/C16H21N3O/c1-13(11-17)12-18-7-9-19(10-8-18)16(20)15-6-4-3-5-14(15)2/h3-6,13H,7-10,12H2,1-2H3. The van der Waals surface area contributed by atoms with Crippen LogP contribution in [0.1, 0.15) is 22.8 Å². The lowest BCUT2D eigenvalue weighted by Gasteiger charge is -2.35. The number of aryl methyl sites for hydroxylation is 1. The summed E-state index contributed by atoms with van der Waals surface area (Å²) in [6.45, 7) is 7.88. The van der Waals surface area contributed by atoms with E-state index < -0.39 is 0 Å². The highest BCUT2D eigenvalue weighted by atomic mass is 16.2. The van der Waals surface area contributed by atoms with E-state index in [0.29, 0.717) is 0 Å². The molecule has 0 N–H and O–H groups in total. The number of hydrogen-bond acceptors (Lipinski definition) is 3. The van der Waals surface area contributed by atoms with Crippen molar-refractivity contribution in [2.75, 3.05) is 32.7 Å². The van der Waals surface area contributed by atoms with Crippen molar-refractivity contribution >= 4 is 5.91 Å². The monoisotopic (exact) mass is 271 g/mol. The number of carbonyl (C=O) groups is 1. The second kappa shape index (κ2) is 6.53. The Morgan fingerprint density at radius 3 is 2.55 bits per heavy atom. The Balaban J connectivity index is 1.93. The molecule has 0 aromatic heterocycles. The lowest BCUT2D eigenvalue weighted by molar-refractivity contribution is 0.0628. The van der Waals surface area contributed by atoms with E-state index in [2.05, 4.69) is 11.0 Å². The van der Waals surface area contributed by atoms with Gasteiger partial charge in [-0.15, -0.1) is 0 Å². The maximum Gasteiger partial charge on any atom is 0.254 e. The number of carbonyl (C=O) groups excluding carboxylic acids is 1. The second-order valence-corrected chi connectivity index (χ2v) is 5.44. The van der Waals surface area contributed by atoms with Gasteiger partial charge in [0.05, 0.1) is 12.0 Å². The largest absolute Gasteiger partial charge is 0.336 e. The molecule has 106 valence electrons. The Kier molecular flexibility index (Phi) is 4.75. The van der Waals surface area contributed by atoms with Crippen molar-refractivity contribution in [1.82, 2.24) is 9.80 Å². The summed E-state index contributed by atoms with van der Waals surface area (Å²) in [5, 5.41) is 8.84. The van der Waals surface area contributed by atoms with Crippen molar-refractivity contribution in [2.45, 2.75) is 13.8 Å². The van der Waals surface area contributed by atoms with Crippen LogP contribution in [0.15, 0.2) is 24.3 Å². The zero-order valence-electron chi connectivity index (χ0n) is 12.2. The number of hydrogen-bond donors (Lipinski definition) is 0. The fourth-order valence-corrected chi connectivity index (χ4v) is 2.54. The van der Waals surface area contributed by atoms with Crippen LogP contribution in [0.2, 0.25) is 0 Å². The van der Waals surface area contributed by atoms with E-state index >= 15 is 0 Å². The zero-order valence-corrected chi connectivity index (χ0v) is 12.2. The first-order valence-electron chi connectivity index (χ1n) is 7.08. The first kappa shape index (κ1) is 14.5. The van der Waals surface area contributed by atoms with Gasteiger partial charge in [-0.2, -0.15) is 5.26 Å². The molecule has 1 aliphatic heterocycles. The average molecular weight is 271 g/mol. The predicted molar refractivity (Wildman–Crippen MR) is 78.3 cm³/mol. The smallest absolute Gasteiger partial charge is 0.254 e. The molecule has 0 spiro atoms. The maximum absolute atomic E-state index is 12.5. The highest BCUT2D eigenvalue weighted by Crippen LogP contribution is 2.13. The van der Waals surface area contributed by atoms with Crippen molar-refractivity contribution in [2.24, 2.45) is 5.92 Å². The zero-order chi connectivity index (χ0) is 14.5. The van der Waals surface area contributed by atoms with Crippen molar-refractivity contribution < 1.29 is 4.79 Å². The van der Waals surface area contributed by atoms with Crippen LogP contribution in [0, 0.1) is 24.2 Å². The number of amides is 1. The van der Waals surface area contributed by atoms with Gasteiger partial charge >= 0.3 is 0 Å². The SMILES string of the molecule is Cc1ccccc1C(=O)N1CCN(CC(C)C#N)CC1. The molecule has 1 unspecified atom stereocenters. The van der Waals surface area contributed by atoms with Crippen molar-refractivity contribution in [3.8, 4) is 6.07 Å². The van der Waals surface area contributed by atoms with Gasteiger partial charge in [0.15, 0.2) is 0 Å². The van der Waals surface area contributed by atoms with Gasteiger partial charge in [-0.1, -0.05) is 18.2 Å². The summed E-state index contributed by atoms with van der Waals surface area (Å²) in [6, 6.07) is 9.98. The van der Waals surface area contributed by atoms with E-state index in [1.165, 1.54) is 0 Å². The van der Waals surface area contributed by atoms with Gasteiger partial charge in [-0.3, -0.25) is 9.69 Å². The van der Waals surface area contributed by atoms with Crippen LogP contribution < -0.4 is 0 Å². The molecule has 1 aliphatic rings. The summed E-state index contributed by atoms with van der Waals surface area (Å²) in [5.74, 6) is 0.171. The fraction of sp³-hybridized carbons (Fsp3) is 0.500. The van der Waals surface area contributed by atoms with Crippen molar-refractivity contribution in [3.05, 3.63) is 35.4 Å². The summed E-state index contributed by atoms with van der Waals surface area (Å²) in [4.78, 5) is 16.6. The molecule has 20 heavy (non-hydrogen) atoms. The Bertz CT molecular complexity index is 513. The van der Waals surface area contributed by atoms with E-state index in [-0.39, 0.29) is 11.8 Å². The number of nitrogens with zero attached hydrogens (tertiary/aromatic N) is 3. The second-order valence-electron chi connectivity index (χ2n) is 5.44. The normalized spacial score (nSPS) is 17.6. The van der Waals surface area contributed by atoms with Gasteiger partial charge in [0.2, 0.25) is 0 Å². The third-order valence-electron chi connectivity index (χ3n) is 3.79. The summed E-state index contributed by atoms with van der Waals surface area (Å²) in [7, 11) is 0. The number of benzene rings is 1. The summed E-state index contributed by atoms with van der Waals surface area (Å²) >= 11 is 0. The quantitative estimate of drug-likeness (QED) is 0.843. The van der Waals surface area contributed by atoms with Crippen molar-refractivity contribution in [1.29, 1.82) is 5.26 Å². The summed E-state index contributed by atoms with van der Waals surface area (Å²) < 4.78 is 0. The summed E-state index contributed by atoms with van der Waals surface area (Å²) in [5.41, 5.74) is 1.82. The van der Waals surface area contributed by atoms with Crippen LogP contribution in [0.4, 0.5) is 0 Å². The van der Waals surface area contributed by atoms with Crippen LogP contribution in [0.5, 0.6) is 0 Å². The molecule has 1 aromatic rings. The van der Waals surface area contributed by atoms with Crippen LogP contribution >= 0.6 is 0 Å². The molecular formula is C16H21N3O. The maximum atomic E-state index is 12.5. The minimum absolute atomic E-state index is 0.0496. The molecule has 1 saturated heterocycles. The van der Waals surface area contributed by atoms with E-state index in [9.17, 15) is 4.79 Å². The lowest BCUT2D eigenvalue weighted by atomic mass is 10.1. The molecule has 4 nitrogen and oxygen atoms in total. The lowest BCUT2D eigenvalue weighted by Crippen LogP contribution is -2.49. The minimum atomic E-state index is 0.0496. The van der Waals surface area contributed by atoms with Crippen LogP contribution in [0.3, 0.4) is 0 Å². The Hall–Kier alpha value is -1.86. The van der Waals surface area contributed by atoms with Gasteiger partial charge in [-0.05, 0) is 25.5 Å². The Morgan fingerprint density at radius 1 is 1.30 bits per heavy atom. The molecule has 2 rings (SSSR count). The van der Waals surface area contributed by atoms with Gasteiger partial charge in [0, 0.05) is 38.3 Å². The van der Waals surface area contributed by atoms with Crippen LogP contribution in [-0.2, 0) is 0 Å². The average Bonchev–Trinajstić information content (AvgIpc) is 2.47. The van der Waals surface area contributed by atoms with E-state index in [4.69, 9.17) is 5.26 Å². The van der Waals surface area contributed by atoms with E-state index in [0.717, 1.165) is 43.9 Å². The minimum Gasteiger partial charge on any atom is -0.336 e. The molecule has 0 aliphatic carbocycles. The molecular weight excluding hydrogens is 250 g/mol. The molecule has 0 bridgehead atoms. The molecule has 0 saturated carbocycles. The highest BCUT2D eigenvalue weighted by Gasteiger charge is 2.23. The molecule has 1 atom stereocenters. The van der Waals surface area contributed by atoms with Gasteiger partial charge < -0.3 is 4.90 Å². The van der Waals surface area contributed by atoms with Gasteiger partial charge in [0.25, 0.3) is 5.91 Å². The first-order valence-corrected chi connectivity index (χ1v) is 7.08. The van der Waals surface area contributed by atoms with E-state index in [1.54, 1.807) is 0 Å². The summed E-state index contributed by atoms with van der Waals surface area (Å²) in [6.07, 6.45) is 0. The van der Waals surface area contributed by atoms with Gasteiger partial charge in [0.1, 0.15) is 0 Å². The van der Waals surface area contributed by atoms with Gasteiger partial charge in [-0.25, -0.2) is 0 Å². The molecule has 1 aromatic carbocycles. The molecule has 1 amide bonds. The highest BCUT2D eigenvalue weighted by molar-refractivity contribution is 5.95. The number of nitriles is 1. The Labute approximate surface area is 120 Å². The third-order valence-corrected chi connectivity index (χ3v) is 3.79.